The van der Waals surface area contributed by atoms with Gasteiger partial charge in [0.05, 0.1) is 29.3 Å². The predicted octanol–water partition coefficient (Wildman–Crippen LogP) is 5.33. The lowest BCUT2D eigenvalue weighted by molar-refractivity contribution is -0.132. The van der Waals surface area contributed by atoms with Gasteiger partial charge in [-0.15, -0.1) is 0 Å². The molecule has 0 spiro atoms. The summed E-state index contributed by atoms with van der Waals surface area (Å²) >= 11 is 12.2. The average molecular weight is 470 g/mol. The van der Waals surface area contributed by atoms with Crippen LogP contribution in [0, 0.1) is 0 Å². The normalized spacial score (nSPS) is 17.6. The number of ketones is 1. The number of amides is 1. The van der Waals surface area contributed by atoms with Crippen molar-refractivity contribution < 1.29 is 24.5 Å². The number of rotatable bonds is 4. The van der Waals surface area contributed by atoms with Crippen LogP contribution in [0.4, 0.5) is 5.69 Å². The smallest absolute Gasteiger partial charge is 0.300 e. The van der Waals surface area contributed by atoms with E-state index in [1.165, 1.54) is 30.2 Å². The summed E-state index contributed by atoms with van der Waals surface area (Å²) < 4.78 is 5.32. The number of methoxy groups -OCH3 is 1. The third-order valence-corrected chi connectivity index (χ3v) is 5.72. The first kappa shape index (κ1) is 21.7. The molecule has 3 aromatic rings. The number of benzene rings is 3. The number of Topliss-reactive ketones (excluding diaryl/α,β-unsaturated/α-hetero) is 1. The number of para-hydroxylation sites is 1. The van der Waals surface area contributed by atoms with Crippen LogP contribution in [0.25, 0.3) is 5.76 Å². The molecule has 32 heavy (non-hydrogen) atoms. The summed E-state index contributed by atoms with van der Waals surface area (Å²) in [5.41, 5.74) is 0.909. The van der Waals surface area contributed by atoms with Gasteiger partial charge in [0.15, 0.2) is 0 Å². The fourth-order valence-corrected chi connectivity index (χ4v) is 4.09. The van der Waals surface area contributed by atoms with Gasteiger partial charge in [0.25, 0.3) is 11.7 Å². The second-order valence-corrected chi connectivity index (χ2v) is 7.90. The first-order chi connectivity index (χ1) is 15.3. The van der Waals surface area contributed by atoms with Gasteiger partial charge < -0.3 is 14.9 Å². The van der Waals surface area contributed by atoms with E-state index in [-0.39, 0.29) is 27.7 Å². The van der Waals surface area contributed by atoms with Gasteiger partial charge >= 0.3 is 0 Å². The molecule has 1 aliphatic rings. The van der Waals surface area contributed by atoms with E-state index in [0.29, 0.717) is 22.0 Å². The van der Waals surface area contributed by atoms with Gasteiger partial charge in [0.1, 0.15) is 17.3 Å². The van der Waals surface area contributed by atoms with Crippen molar-refractivity contribution in [2.45, 2.75) is 6.04 Å². The first-order valence-corrected chi connectivity index (χ1v) is 10.3. The molecule has 0 aromatic heterocycles. The van der Waals surface area contributed by atoms with Gasteiger partial charge in [0.2, 0.25) is 0 Å². The summed E-state index contributed by atoms with van der Waals surface area (Å²) in [5, 5.41) is 21.5. The lowest BCUT2D eigenvalue weighted by Crippen LogP contribution is -2.29. The van der Waals surface area contributed by atoms with Crippen molar-refractivity contribution >= 4 is 46.3 Å². The minimum atomic E-state index is -1.02. The van der Waals surface area contributed by atoms with Crippen LogP contribution in [0.15, 0.2) is 72.3 Å². The molecule has 1 amide bonds. The average Bonchev–Trinajstić information content (AvgIpc) is 3.05. The molecule has 1 unspecified atom stereocenters. The van der Waals surface area contributed by atoms with Crippen LogP contribution in [0.2, 0.25) is 10.0 Å². The van der Waals surface area contributed by atoms with Crippen molar-refractivity contribution in [3.05, 3.63) is 93.5 Å². The van der Waals surface area contributed by atoms with Crippen molar-refractivity contribution in [1.82, 2.24) is 0 Å². The van der Waals surface area contributed by atoms with Crippen LogP contribution in [0.3, 0.4) is 0 Å². The van der Waals surface area contributed by atoms with E-state index in [0.717, 1.165) is 0 Å². The molecule has 6 nitrogen and oxygen atoms in total. The highest BCUT2D eigenvalue weighted by molar-refractivity contribution is 6.52. The number of carbonyl (C=O) groups excluding carboxylic acids is 2. The Kier molecular flexibility index (Phi) is 5.82. The number of carbonyl (C=O) groups is 2. The molecular formula is C24H17Cl2NO5. The van der Waals surface area contributed by atoms with E-state index >= 15 is 0 Å². The lowest BCUT2D eigenvalue weighted by atomic mass is 9.94. The third kappa shape index (κ3) is 3.68. The molecular weight excluding hydrogens is 453 g/mol. The number of aliphatic hydroxyl groups excluding tert-OH is 1. The van der Waals surface area contributed by atoms with Crippen LogP contribution in [0.5, 0.6) is 11.5 Å². The number of ether oxygens (including phenoxy) is 1. The number of aromatic hydroxyl groups is 1. The number of phenols is 1. The SMILES string of the molecule is COc1ccccc1/C(O)=C1/C(=O)C(=O)N(c2cccc(Cl)c2)C1c1ccc(O)c(Cl)c1. The predicted molar refractivity (Wildman–Crippen MR) is 122 cm³/mol. The van der Waals surface area contributed by atoms with E-state index in [4.69, 9.17) is 27.9 Å². The van der Waals surface area contributed by atoms with Crippen LogP contribution < -0.4 is 9.64 Å². The molecule has 0 saturated carbocycles. The van der Waals surface area contributed by atoms with Gasteiger partial charge in [-0.25, -0.2) is 0 Å². The molecule has 0 radical (unpaired) electrons. The maximum atomic E-state index is 13.2. The van der Waals surface area contributed by atoms with Gasteiger partial charge in [0, 0.05) is 10.7 Å². The summed E-state index contributed by atoms with van der Waals surface area (Å²) in [6.45, 7) is 0. The van der Waals surface area contributed by atoms with E-state index in [1.54, 1.807) is 48.5 Å². The molecule has 1 heterocycles. The number of phenolic OH excluding ortho intramolecular Hbond substituents is 1. The zero-order valence-corrected chi connectivity index (χ0v) is 18.3. The molecule has 4 rings (SSSR count). The number of halogens is 2. The fourth-order valence-electron chi connectivity index (χ4n) is 3.72. The summed E-state index contributed by atoms with van der Waals surface area (Å²) in [5.74, 6) is -1.92. The van der Waals surface area contributed by atoms with Crippen molar-refractivity contribution in [3.8, 4) is 11.5 Å². The molecule has 1 aliphatic heterocycles. The second-order valence-electron chi connectivity index (χ2n) is 7.06. The Labute approximate surface area is 193 Å². The number of nitrogens with zero attached hydrogens (tertiary/aromatic N) is 1. The van der Waals surface area contributed by atoms with Crippen molar-refractivity contribution in [2.24, 2.45) is 0 Å². The highest BCUT2D eigenvalue weighted by Crippen LogP contribution is 2.44. The molecule has 3 aromatic carbocycles. The third-order valence-electron chi connectivity index (χ3n) is 5.18. The number of aliphatic hydroxyl groups is 1. The second kappa shape index (κ2) is 8.57. The van der Waals surface area contributed by atoms with Gasteiger partial charge in [-0.2, -0.15) is 0 Å². The Morgan fingerprint density at radius 2 is 1.75 bits per heavy atom. The minimum Gasteiger partial charge on any atom is -0.507 e. The highest BCUT2D eigenvalue weighted by Gasteiger charge is 2.47. The van der Waals surface area contributed by atoms with Crippen LogP contribution in [-0.2, 0) is 9.59 Å². The fraction of sp³-hybridized carbons (Fsp3) is 0.0833. The zero-order valence-electron chi connectivity index (χ0n) is 16.8. The molecule has 1 saturated heterocycles. The molecule has 8 heteroatoms. The summed E-state index contributed by atoms with van der Waals surface area (Å²) in [6, 6.07) is 16.4. The molecule has 0 bridgehead atoms. The Bertz CT molecular complexity index is 1270. The Hall–Kier alpha value is -3.48. The Morgan fingerprint density at radius 1 is 1.00 bits per heavy atom. The van der Waals surface area contributed by atoms with E-state index in [9.17, 15) is 19.8 Å². The molecule has 1 atom stereocenters. The largest absolute Gasteiger partial charge is 0.507 e. The first-order valence-electron chi connectivity index (χ1n) is 9.52. The molecule has 2 N–H and O–H groups in total. The maximum Gasteiger partial charge on any atom is 0.300 e. The van der Waals surface area contributed by atoms with Crippen molar-refractivity contribution in [1.29, 1.82) is 0 Å². The lowest BCUT2D eigenvalue weighted by Gasteiger charge is -2.26. The monoisotopic (exact) mass is 469 g/mol. The number of hydrogen-bond acceptors (Lipinski definition) is 5. The topological polar surface area (TPSA) is 87.1 Å². The number of anilines is 1. The standard InChI is InChI=1S/C24H17Cl2NO5/c1-32-19-8-3-2-7-16(19)22(29)20-21(13-9-10-18(28)17(26)11-13)27(24(31)23(20)30)15-6-4-5-14(25)12-15/h2-12,21,28-29H,1H3/b22-20-. The summed E-state index contributed by atoms with van der Waals surface area (Å²) in [7, 11) is 1.44. The van der Waals surface area contributed by atoms with Gasteiger partial charge in [-0.1, -0.05) is 47.5 Å². The van der Waals surface area contributed by atoms with Crippen molar-refractivity contribution in [2.75, 3.05) is 12.0 Å². The quantitative estimate of drug-likeness (QED) is 0.306. The molecule has 0 aliphatic carbocycles. The molecule has 162 valence electrons. The van der Waals surface area contributed by atoms with Gasteiger partial charge in [-0.3, -0.25) is 14.5 Å². The van der Waals surface area contributed by atoms with Crippen LogP contribution in [0.1, 0.15) is 17.2 Å². The van der Waals surface area contributed by atoms with E-state index in [1.807, 2.05) is 0 Å². The molecule has 1 fully saturated rings. The minimum absolute atomic E-state index is 0.0384. The van der Waals surface area contributed by atoms with Crippen molar-refractivity contribution in [3.63, 3.8) is 0 Å². The van der Waals surface area contributed by atoms with E-state index in [2.05, 4.69) is 0 Å². The van der Waals surface area contributed by atoms with Crippen LogP contribution in [-0.4, -0.2) is 29.0 Å². The summed E-state index contributed by atoms with van der Waals surface area (Å²) in [6.07, 6.45) is 0. The zero-order chi connectivity index (χ0) is 23.0. The Morgan fingerprint density at radius 3 is 2.44 bits per heavy atom. The van der Waals surface area contributed by atoms with Gasteiger partial charge in [-0.05, 0) is 48.0 Å². The Balaban J connectivity index is 2.00. The van der Waals surface area contributed by atoms with E-state index < -0.39 is 17.7 Å². The maximum absolute atomic E-state index is 13.2. The highest BCUT2D eigenvalue weighted by atomic mass is 35.5. The number of hydrogen-bond donors (Lipinski definition) is 2. The summed E-state index contributed by atoms with van der Waals surface area (Å²) in [4.78, 5) is 27.5. The van der Waals surface area contributed by atoms with Crippen LogP contribution >= 0.6 is 23.2 Å².